The van der Waals surface area contributed by atoms with Crippen LogP contribution in [-0.4, -0.2) is 77.9 Å². The molecule has 4 rings (SSSR count). The maximum atomic E-state index is 14.7. The third kappa shape index (κ3) is 9.25. The van der Waals surface area contributed by atoms with Crippen molar-refractivity contribution in [3.8, 4) is 0 Å². The molecule has 4 fully saturated rings. The van der Waals surface area contributed by atoms with Crippen LogP contribution in [0.4, 0.5) is 0 Å². The minimum absolute atomic E-state index is 0.00557. The average molecular weight is 669 g/mol. The van der Waals surface area contributed by atoms with Crippen molar-refractivity contribution in [2.75, 3.05) is 32.8 Å². The van der Waals surface area contributed by atoms with E-state index in [0.29, 0.717) is 52.0 Å². The summed E-state index contributed by atoms with van der Waals surface area (Å²) in [6.07, 6.45) is 9.39. The van der Waals surface area contributed by atoms with Gasteiger partial charge in [-0.2, -0.15) is 0 Å². The van der Waals surface area contributed by atoms with E-state index in [9.17, 15) is 24.0 Å². The van der Waals surface area contributed by atoms with Crippen molar-refractivity contribution in [2.24, 2.45) is 45.8 Å². The summed E-state index contributed by atoms with van der Waals surface area (Å²) in [7, 11) is 0. The Kier molecular flexibility index (Phi) is 12.6. The van der Waals surface area contributed by atoms with Crippen molar-refractivity contribution in [1.82, 2.24) is 9.80 Å². The molecule has 8 heteroatoms. The summed E-state index contributed by atoms with van der Waals surface area (Å²) in [4.78, 5) is 72.2. The SMILES string of the molecule is C=CCCC(=O)C(=O)[C@@H]1CCCCCCCOC[C@H](C[C@H](CN2CCC(C)(C)CC2=O)C(C)(C)C)C(=O)N2C[C@H]3[C@@H]([C@H]2C(=O)C1)C3(C)C. The van der Waals surface area contributed by atoms with Crippen LogP contribution < -0.4 is 0 Å². The number of nitrogens with zero attached hydrogens (tertiary/aromatic N) is 2. The van der Waals surface area contributed by atoms with Gasteiger partial charge in [0.1, 0.15) is 0 Å². The Morgan fingerprint density at radius 2 is 1.73 bits per heavy atom. The number of Topliss-reactive ketones (excluding diaryl/α,β-unsaturated/α-hetero) is 3. The highest BCUT2D eigenvalue weighted by Crippen LogP contribution is 2.65. The first-order valence-electron chi connectivity index (χ1n) is 18.8. The largest absolute Gasteiger partial charge is 0.381 e. The van der Waals surface area contributed by atoms with Crippen LogP contribution in [0.25, 0.3) is 0 Å². The second-order valence-electron chi connectivity index (χ2n) is 17.9. The molecule has 48 heavy (non-hydrogen) atoms. The minimum Gasteiger partial charge on any atom is -0.381 e. The second-order valence-corrected chi connectivity index (χ2v) is 17.9. The first-order valence-corrected chi connectivity index (χ1v) is 18.8. The van der Waals surface area contributed by atoms with Gasteiger partial charge >= 0.3 is 0 Å². The summed E-state index contributed by atoms with van der Waals surface area (Å²) in [5, 5.41) is 0. The Morgan fingerprint density at radius 3 is 2.40 bits per heavy atom. The molecular formula is C40H64N2O6. The van der Waals surface area contributed by atoms with E-state index < -0.39 is 29.4 Å². The van der Waals surface area contributed by atoms with Crippen LogP contribution in [0.15, 0.2) is 12.7 Å². The number of likely N-dealkylation sites (tertiary alicyclic amines) is 1. The smallest absolute Gasteiger partial charge is 0.228 e. The summed E-state index contributed by atoms with van der Waals surface area (Å²) < 4.78 is 6.23. The number of ketones is 3. The van der Waals surface area contributed by atoms with Gasteiger partial charge in [0, 0.05) is 51.4 Å². The minimum atomic E-state index is -0.642. The standard InChI is InChI=1S/C40H64N2O6/c1-9-10-17-31(43)36(46)27-16-14-12-11-13-15-20-48-26-28(37(47)42-25-30-34(40(30,7)8)35(42)32(44)22-27)21-29(38(2,3)4)24-41-19-18-39(5,6)23-33(41)45/h9,27-30,34-35H,1,10-26H2,2-8H3/t27-,28+,29-,30+,34+,35-/m1/s1. The zero-order chi connectivity index (χ0) is 35.4. The van der Waals surface area contributed by atoms with Crippen molar-refractivity contribution < 1.29 is 28.7 Å². The first kappa shape index (κ1) is 38.5. The van der Waals surface area contributed by atoms with Crippen LogP contribution in [0.1, 0.15) is 126 Å². The molecule has 270 valence electrons. The van der Waals surface area contributed by atoms with Gasteiger partial charge in [-0.3, -0.25) is 24.0 Å². The molecule has 0 aromatic carbocycles. The summed E-state index contributed by atoms with van der Waals surface area (Å²) in [6.45, 7) is 21.6. The Hall–Kier alpha value is -2.35. The zero-order valence-electron chi connectivity index (χ0n) is 31.1. The lowest BCUT2D eigenvalue weighted by Crippen LogP contribution is -2.50. The molecule has 0 aromatic heterocycles. The third-order valence-electron chi connectivity index (χ3n) is 12.3. The number of amides is 2. The topological polar surface area (TPSA) is 101 Å². The molecule has 0 unspecified atom stereocenters. The van der Waals surface area contributed by atoms with Gasteiger partial charge in [-0.1, -0.05) is 80.2 Å². The number of piperidine rings is 2. The van der Waals surface area contributed by atoms with Gasteiger partial charge in [-0.05, 0) is 66.1 Å². The van der Waals surface area contributed by atoms with E-state index in [4.69, 9.17) is 4.74 Å². The van der Waals surface area contributed by atoms with Gasteiger partial charge in [0.2, 0.25) is 17.6 Å². The normalized spacial score (nSPS) is 30.7. The van der Waals surface area contributed by atoms with Crippen molar-refractivity contribution in [2.45, 2.75) is 132 Å². The Morgan fingerprint density at radius 1 is 1.04 bits per heavy atom. The first-order chi connectivity index (χ1) is 22.5. The highest BCUT2D eigenvalue weighted by atomic mass is 16.5. The molecule has 0 bridgehead atoms. The van der Waals surface area contributed by atoms with E-state index in [1.807, 2.05) is 9.80 Å². The summed E-state index contributed by atoms with van der Waals surface area (Å²) in [5.41, 5.74) is -0.204. The lowest BCUT2D eigenvalue weighted by Gasteiger charge is -2.42. The summed E-state index contributed by atoms with van der Waals surface area (Å²) in [6, 6.07) is -0.592. The molecule has 3 saturated heterocycles. The molecule has 3 heterocycles. The van der Waals surface area contributed by atoms with Gasteiger partial charge in [0.15, 0.2) is 11.6 Å². The van der Waals surface area contributed by atoms with Crippen LogP contribution in [0.5, 0.6) is 0 Å². The van der Waals surface area contributed by atoms with E-state index >= 15 is 0 Å². The fourth-order valence-electron chi connectivity index (χ4n) is 8.66. The predicted molar refractivity (Wildman–Crippen MR) is 188 cm³/mol. The van der Waals surface area contributed by atoms with Crippen LogP contribution in [0.3, 0.4) is 0 Å². The molecular weight excluding hydrogens is 604 g/mol. The number of hydrogen-bond acceptors (Lipinski definition) is 6. The Bertz CT molecular complexity index is 1210. The second kappa shape index (κ2) is 15.7. The Balaban J connectivity index is 1.60. The number of rotatable bonds is 9. The fourth-order valence-corrected chi connectivity index (χ4v) is 8.66. The number of fused-ring (bicyclic) bond motifs is 3. The molecule has 8 nitrogen and oxygen atoms in total. The van der Waals surface area contributed by atoms with Crippen LogP contribution in [0, 0.1) is 45.8 Å². The number of allylic oxidation sites excluding steroid dienone is 1. The molecule has 0 N–H and O–H groups in total. The molecule has 0 aromatic rings. The van der Waals surface area contributed by atoms with Crippen LogP contribution in [0.2, 0.25) is 0 Å². The van der Waals surface area contributed by atoms with Crippen molar-refractivity contribution >= 4 is 29.2 Å². The lowest BCUT2D eigenvalue weighted by atomic mass is 9.74. The molecule has 0 spiro atoms. The molecule has 3 aliphatic heterocycles. The molecule has 4 aliphatic rings. The molecule has 0 radical (unpaired) electrons. The number of carbonyl (C=O) groups excluding carboxylic acids is 5. The maximum Gasteiger partial charge on any atom is 0.228 e. The zero-order valence-corrected chi connectivity index (χ0v) is 31.1. The van der Waals surface area contributed by atoms with Crippen molar-refractivity contribution in [3.63, 3.8) is 0 Å². The van der Waals surface area contributed by atoms with Crippen molar-refractivity contribution in [1.29, 1.82) is 0 Å². The molecule has 1 saturated carbocycles. The van der Waals surface area contributed by atoms with Crippen molar-refractivity contribution in [3.05, 3.63) is 12.7 Å². The van der Waals surface area contributed by atoms with Gasteiger partial charge in [0.05, 0.1) is 18.6 Å². The number of ether oxygens (including phenoxy) is 1. The van der Waals surface area contributed by atoms with Crippen LogP contribution >= 0.6 is 0 Å². The predicted octanol–water partition coefficient (Wildman–Crippen LogP) is 6.84. The summed E-state index contributed by atoms with van der Waals surface area (Å²) in [5.74, 6) is -1.55. The van der Waals surface area contributed by atoms with Gasteiger partial charge in [-0.15, -0.1) is 6.58 Å². The highest BCUT2D eigenvalue weighted by molar-refractivity contribution is 6.38. The number of carbonyl (C=O) groups is 5. The van der Waals surface area contributed by atoms with Gasteiger partial charge < -0.3 is 14.5 Å². The van der Waals surface area contributed by atoms with E-state index in [1.54, 1.807) is 6.08 Å². The van der Waals surface area contributed by atoms with E-state index in [-0.39, 0.29) is 64.4 Å². The summed E-state index contributed by atoms with van der Waals surface area (Å²) >= 11 is 0. The average Bonchev–Trinajstić information content (AvgIpc) is 3.31. The Labute approximate surface area is 290 Å². The molecule has 2 amide bonds. The third-order valence-corrected chi connectivity index (χ3v) is 12.3. The van der Waals surface area contributed by atoms with Gasteiger partial charge in [-0.25, -0.2) is 0 Å². The maximum absolute atomic E-state index is 14.7. The number of hydrogen-bond donors (Lipinski definition) is 0. The quantitative estimate of drug-likeness (QED) is 0.197. The van der Waals surface area contributed by atoms with E-state index in [1.165, 1.54) is 0 Å². The fraction of sp³-hybridized carbons (Fsp3) is 0.825. The lowest BCUT2D eigenvalue weighted by molar-refractivity contribution is -0.147. The monoisotopic (exact) mass is 668 g/mol. The van der Waals surface area contributed by atoms with E-state index in [2.05, 4.69) is 55.0 Å². The highest BCUT2D eigenvalue weighted by Gasteiger charge is 2.69. The molecule has 1 aliphatic carbocycles. The molecule has 6 atom stereocenters. The van der Waals surface area contributed by atoms with Gasteiger partial charge in [0.25, 0.3) is 0 Å². The van der Waals surface area contributed by atoms with E-state index in [0.717, 1.165) is 45.1 Å². The van der Waals surface area contributed by atoms with Crippen LogP contribution in [-0.2, 0) is 28.7 Å².